The van der Waals surface area contributed by atoms with Crippen molar-refractivity contribution < 1.29 is 19.1 Å². The molecule has 1 amide bonds. The second kappa shape index (κ2) is 9.34. The molecule has 0 N–H and O–H groups in total. The lowest BCUT2D eigenvalue weighted by atomic mass is 10.1. The van der Waals surface area contributed by atoms with Crippen molar-refractivity contribution in [2.45, 2.75) is 20.3 Å². The molecule has 1 fully saturated rings. The molecule has 1 aliphatic heterocycles. The van der Waals surface area contributed by atoms with Crippen LogP contribution in [0.5, 0.6) is 11.5 Å². The average Bonchev–Trinajstić information content (AvgIpc) is 3.01. The molecule has 162 valence electrons. The van der Waals surface area contributed by atoms with E-state index in [0.717, 1.165) is 22.5 Å². The van der Waals surface area contributed by atoms with E-state index in [9.17, 15) is 9.59 Å². The van der Waals surface area contributed by atoms with Crippen LogP contribution in [0.2, 0.25) is 0 Å². The van der Waals surface area contributed by atoms with Gasteiger partial charge >= 0.3 is 0 Å². The number of carbonyl (C=O) groups is 2. The van der Waals surface area contributed by atoms with Gasteiger partial charge in [-0.15, -0.1) is 0 Å². The van der Waals surface area contributed by atoms with Crippen LogP contribution in [-0.2, 0) is 18.3 Å². The van der Waals surface area contributed by atoms with E-state index in [0.29, 0.717) is 50.6 Å². The number of ketones is 1. The van der Waals surface area contributed by atoms with Gasteiger partial charge in [0, 0.05) is 50.2 Å². The molecule has 0 spiro atoms. The summed E-state index contributed by atoms with van der Waals surface area (Å²) in [7, 11) is 5.15. The summed E-state index contributed by atoms with van der Waals surface area (Å²) < 4.78 is 12.6. The molecule has 0 aliphatic carbocycles. The first-order valence-corrected chi connectivity index (χ1v) is 10.2. The summed E-state index contributed by atoms with van der Waals surface area (Å²) in [5.74, 6) is 1.50. The van der Waals surface area contributed by atoms with Crippen LogP contribution in [0.3, 0.4) is 0 Å². The fourth-order valence-electron chi connectivity index (χ4n) is 3.86. The Morgan fingerprint density at radius 2 is 1.63 bits per heavy atom. The van der Waals surface area contributed by atoms with Crippen molar-refractivity contribution in [1.29, 1.82) is 0 Å². The van der Waals surface area contributed by atoms with E-state index in [2.05, 4.69) is 4.90 Å². The van der Waals surface area contributed by atoms with Crippen LogP contribution in [0.15, 0.2) is 24.3 Å². The quantitative estimate of drug-likeness (QED) is 0.652. The highest BCUT2D eigenvalue weighted by molar-refractivity contribution is 5.99. The molecule has 7 heteroatoms. The fraction of sp³-hybridized carbons (Fsp3) is 0.478. The van der Waals surface area contributed by atoms with Crippen LogP contribution >= 0.6 is 0 Å². The van der Waals surface area contributed by atoms with Crippen molar-refractivity contribution >= 4 is 11.7 Å². The van der Waals surface area contributed by atoms with Crippen molar-refractivity contribution in [3.63, 3.8) is 0 Å². The molecule has 1 saturated heterocycles. The van der Waals surface area contributed by atoms with E-state index >= 15 is 0 Å². The van der Waals surface area contributed by atoms with Crippen LogP contribution in [-0.4, -0.2) is 73.0 Å². The van der Waals surface area contributed by atoms with Crippen molar-refractivity contribution in [3.05, 3.63) is 46.8 Å². The number of Topliss-reactive ketones (excluding diaryl/α,β-unsaturated/α-hetero) is 1. The molecule has 0 radical (unpaired) electrons. The monoisotopic (exact) mass is 413 g/mol. The summed E-state index contributed by atoms with van der Waals surface area (Å²) >= 11 is 0. The van der Waals surface area contributed by atoms with Gasteiger partial charge in [-0.3, -0.25) is 14.5 Å². The number of methoxy groups -OCH3 is 2. The summed E-state index contributed by atoms with van der Waals surface area (Å²) in [4.78, 5) is 29.4. The number of rotatable bonds is 7. The number of amides is 1. The Kier molecular flexibility index (Phi) is 6.82. The number of hydrogen-bond donors (Lipinski definition) is 0. The first kappa shape index (κ1) is 21.9. The molecule has 1 aliphatic rings. The molecule has 0 atom stereocenters. The minimum atomic E-state index is 0.0859. The summed E-state index contributed by atoms with van der Waals surface area (Å²) in [6.45, 7) is 7.04. The second-order valence-electron chi connectivity index (χ2n) is 7.79. The van der Waals surface area contributed by atoms with Gasteiger partial charge < -0.3 is 18.9 Å². The highest BCUT2D eigenvalue weighted by atomic mass is 16.5. The van der Waals surface area contributed by atoms with Crippen LogP contribution in [0.25, 0.3) is 0 Å². The van der Waals surface area contributed by atoms with E-state index in [1.54, 1.807) is 14.2 Å². The normalized spacial score (nSPS) is 14.6. The maximum Gasteiger partial charge on any atom is 0.227 e. The highest BCUT2D eigenvalue weighted by Gasteiger charge is 2.24. The third-order valence-corrected chi connectivity index (χ3v) is 5.97. The predicted molar refractivity (Wildman–Crippen MR) is 115 cm³/mol. The summed E-state index contributed by atoms with van der Waals surface area (Å²) in [5.41, 5.74) is 3.77. The Labute approximate surface area is 178 Å². The predicted octanol–water partition coefficient (Wildman–Crippen LogP) is 2.23. The zero-order chi connectivity index (χ0) is 21.8. The second-order valence-corrected chi connectivity index (χ2v) is 7.79. The van der Waals surface area contributed by atoms with Gasteiger partial charge in [0.15, 0.2) is 17.3 Å². The number of benzene rings is 1. The van der Waals surface area contributed by atoms with Crippen LogP contribution in [0.4, 0.5) is 0 Å². The fourth-order valence-corrected chi connectivity index (χ4v) is 3.86. The molecule has 2 aromatic rings. The zero-order valence-electron chi connectivity index (χ0n) is 18.5. The van der Waals surface area contributed by atoms with Gasteiger partial charge in [0.05, 0.1) is 27.2 Å². The Bertz CT molecular complexity index is 927. The number of ether oxygens (including phenoxy) is 2. The smallest absolute Gasteiger partial charge is 0.227 e. The lowest BCUT2D eigenvalue weighted by Crippen LogP contribution is -2.50. The SMILES string of the molecule is COc1ccc(CC(=O)N2CCN(CC(=O)c3cc(C)n(C)c3C)CC2)cc1OC. The van der Waals surface area contributed by atoms with Crippen LogP contribution in [0, 0.1) is 13.8 Å². The Morgan fingerprint density at radius 1 is 0.967 bits per heavy atom. The van der Waals surface area contributed by atoms with Crippen molar-refractivity contribution in [2.75, 3.05) is 46.9 Å². The van der Waals surface area contributed by atoms with E-state index in [-0.39, 0.29) is 11.7 Å². The van der Waals surface area contributed by atoms with Crippen molar-refractivity contribution in [3.8, 4) is 11.5 Å². The van der Waals surface area contributed by atoms with E-state index in [1.165, 1.54) is 0 Å². The largest absolute Gasteiger partial charge is 0.493 e. The number of aryl methyl sites for hydroxylation is 1. The highest BCUT2D eigenvalue weighted by Crippen LogP contribution is 2.28. The Morgan fingerprint density at radius 3 is 2.20 bits per heavy atom. The van der Waals surface area contributed by atoms with E-state index < -0.39 is 0 Å². The number of aromatic nitrogens is 1. The Balaban J connectivity index is 1.53. The first-order chi connectivity index (χ1) is 14.3. The molecule has 30 heavy (non-hydrogen) atoms. The lowest BCUT2D eigenvalue weighted by Gasteiger charge is -2.34. The maximum absolute atomic E-state index is 12.7. The lowest BCUT2D eigenvalue weighted by molar-refractivity contribution is -0.132. The van der Waals surface area contributed by atoms with Gasteiger partial charge in [-0.1, -0.05) is 6.07 Å². The minimum absolute atomic E-state index is 0.0859. The molecule has 1 aromatic heterocycles. The average molecular weight is 414 g/mol. The van der Waals surface area contributed by atoms with Crippen LogP contribution < -0.4 is 9.47 Å². The molecule has 7 nitrogen and oxygen atoms in total. The van der Waals surface area contributed by atoms with Gasteiger partial charge in [0.25, 0.3) is 0 Å². The molecule has 3 rings (SSSR count). The van der Waals surface area contributed by atoms with Gasteiger partial charge in [0.1, 0.15) is 0 Å². The van der Waals surface area contributed by atoms with E-state index in [4.69, 9.17) is 9.47 Å². The molecular weight excluding hydrogens is 382 g/mol. The standard InChI is InChI=1S/C23H31N3O4/c1-16-12-19(17(2)24(16)3)20(27)15-25-8-10-26(11-9-25)23(28)14-18-6-7-21(29-4)22(13-18)30-5/h6-7,12-13H,8-11,14-15H2,1-5H3. The van der Waals surface area contributed by atoms with Gasteiger partial charge in [-0.05, 0) is 37.6 Å². The third kappa shape index (κ3) is 4.67. The topological polar surface area (TPSA) is 64.0 Å². The van der Waals surface area contributed by atoms with Crippen molar-refractivity contribution in [2.24, 2.45) is 7.05 Å². The molecular formula is C23H31N3O4. The Hall–Kier alpha value is -2.80. The minimum Gasteiger partial charge on any atom is -0.493 e. The molecule has 0 saturated carbocycles. The summed E-state index contributed by atoms with van der Waals surface area (Å²) in [6.07, 6.45) is 0.321. The van der Waals surface area contributed by atoms with Gasteiger partial charge in [-0.25, -0.2) is 0 Å². The van der Waals surface area contributed by atoms with Gasteiger partial charge in [0.2, 0.25) is 5.91 Å². The molecule has 2 heterocycles. The molecule has 1 aromatic carbocycles. The zero-order valence-corrected chi connectivity index (χ0v) is 18.5. The number of nitrogens with zero attached hydrogens (tertiary/aromatic N) is 3. The third-order valence-electron chi connectivity index (χ3n) is 5.97. The maximum atomic E-state index is 12.7. The summed E-state index contributed by atoms with van der Waals surface area (Å²) in [5, 5.41) is 0. The number of piperazine rings is 1. The van der Waals surface area contributed by atoms with Crippen LogP contribution in [0.1, 0.15) is 27.3 Å². The van der Waals surface area contributed by atoms with Crippen molar-refractivity contribution in [1.82, 2.24) is 14.4 Å². The van der Waals surface area contributed by atoms with Gasteiger partial charge in [-0.2, -0.15) is 0 Å². The number of carbonyl (C=O) groups excluding carboxylic acids is 2. The molecule has 0 bridgehead atoms. The molecule has 0 unspecified atom stereocenters. The first-order valence-electron chi connectivity index (χ1n) is 10.2. The van der Waals surface area contributed by atoms with E-state index in [1.807, 2.05) is 54.6 Å². The summed E-state index contributed by atoms with van der Waals surface area (Å²) in [6, 6.07) is 7.51. The number of hydrogen-bond acceptors (Lipinski definition) is 5.